The number of sulfone groups is 1. The summed E-state index contributed by atoms with van der Waals surface area (Å²) in [5, 5.41) is 3.53. The van der Waals surface area contributed by atoms with E-state index in [1.54, 1.807) is 0 Å². The largest absolute Gasteiger partial charge is 0.304 e. The zero-order chi connectivity index (χ0) is 8.45. The fraction of sp³-hybridized carbons (Fsp3) is 1.00. The highest BCUT2D eigenvalue weighted by atomic mass is 32.2. The molecule has 2 aliphatic carbocycles. The summed E-state index contributed by atoms with van der Waals surface area (Å²) in [6, 6.07) is 0. The first kappa shape index (κ1) is 7.33. The lowest BCUT2D eigenvalue weighted by Crippen LogP contribution is -2.55. The van der Waals surface area contributed by atoms with E-state index in [0.29, 0.717) is 11.5 Å². The quantitative estimate of drug-likeness (QED) is 0.583. The van der Waals surface area contributed by atoms with Gasteiger partial charge in [0.05, 0.1) is 11.5 Å². The lowest BCUT2D eigenvalue weighted by atomic mass is 10.2. The van der Waals surface area contributed by atoms with Crippen LogP contribution in [-0.2, 0) is 9.84 Å². The Labute approximate surface area is 72.5 Å². The Morgan fingerprint density at radius 2 is 1.33 bits per heavy atom. The fourth-order valence-corrected chi connectivity index (χ4v) is 4.88. The molecule has 0 unspecified atom stereocenters. The molecule has 3 rings (SSSR count). The molecule has 0 aromatic carbocycles. The molecule has 1 N–H and O–H groups in total. The van der Waals surface area contributed by atoms with Gasteiger partial charge in [-0.05, 0) is 25.7 Å². The SMILES string of the molecule is O=S1(=O)CC2(CC2)NC2(CC2)C1. The summed E-state index contributed by atoms with van der Waals surface area (Å²) >= 11 is 0. The Morgan fingerprint density at radius 1 is 0.917 bits per heavy atom. The monoisotopic (exact) mass is 187 g/mol. The Balaban J connectivity index is 1.96. The average molecular weight is 187 g/mol. The molecule has 2 spiro atoms. The predicted octanol–water partition coefficient (Wildman–Crippen LogP) is 0.0696. The lowest BCUT2D eigenvalue weighted by Gasteiger charge is -2.31. The number of hydrogen-bond donors (Lipinski definition) is 1. The molecule has 0 bridgehead atoms. The zero-order valence-electron chi connectivity index (χ0n) is 6.97. The molecular formula is C8H13NO2S. The molecule has 1 aliphatic heterocycles. The first-order valence-corrected chi connectivity index (χ1v) is 6.35. The van der Waals surface area contributed by atoms with E-state index in [1.807, 2.05) is 0 Å². The molecule has 0 amide bonds. The van der Waals surface area contributed by atoms with Gasteiger partial charge in [-0.2, -0.15) is 0 Å². The predicted molar refractivity (Wildman–Crippen MR) is 45.7 cm³/mol. The van der Waals surface area contributed by atoms with Crippen molar-refractivity contribution in [3.05, 3.63) is 0 Å². The van der Waals surface area contributed by atoms with Crippen molar-refractivity contribution in [2.75, 3.05) is 11.5 Å². The van der Waals surface area contributed by atoms with Gasteiger partial charge in [0.1, 0.15) is 0 Å². The van der Waals surface area contributed by atoms with Gasteiger partial charge >= 0.3 is 0 Å². The molecule has 0 atom stereocenters. The van der Waals surface area contributed by atoms with Crippen molar-refractivity contribution in [1.82, 2.24) is 5.32 Å². The molecule has 3 fully saturated rings. The smallest absolute Gasteiger partial charge is 0.153 e. The molecule has 0 aromatic heterocycles. The Hall–Kier alpha value is -0.0900. The maximum atomic E-state index is 11.5. The highest BCUT2D eigenvalue weighted by Gasteiger charge is 2.60. The lowest BCUT2D eigenvalue weighted by molar-refractivity contribution is 0.414. The summed E-state index contributed by atoms with van der Waals surface area (Å²) in [6.07, 6.45) is 4.25. The van der Waals surface area contributed by atoms with Crippen molar-refractivity contribution in [2.45, 2.75) is 36.8 Å². The second kappa shape index (κ2) is 1.73. The topological polar surface area (TPSA) is 46.2 Å². The van der Waals surface area contributed by atoms with E-state index in [9.17, 15) is 8.42 Å². The van der Waals surface area contributed by atoms with Gasteiger partial charge in [0.25, 0.3) is 0 Å². The highest BCUT2D eigenvalue weighted by molar-refractivity contribution is 7.91. The van der Waals surface area contributed by atoms with Crippen LogP contribution in [0.5, 0.6) is 0 Å². The van der Waals surface area contributed by atoms with Gasteiger partial charge in [0.2, 0.25) is 0 Å². The van der Waals surface area contributed by atoms with Crippen LogP contribution in [0.3, 0.4) is 0 Å². The van der Waals surface area contributed by atoms with Crippen LogP contribution in [-0.4, -0.2) is 31.0 Å². The van der Waals surface area contributed by atoms with E-state index < -0.39 is 9.84 Å². The van der Waals surface area contributed by atoms with Crippen molar-refractivity contribution >= 4 is 9.84 Å². The van der Waals surface area contributed by atoms with Gasteiger partial charge in [0, 0.05) is 11.1 Å². The minimum Gasteiger partial charge on any atom is -0.304 e. The Kier molecular flexibility index (Phi) is 1.05. The normalized spacial score (nSPS) is 38.3. The molecule has 0 radical (unpaired) electrons. The first-order chi connectivity index (χ1) is 5.54. The molecule has 1 heterocycles. The first-order valence-electron chi connectivity index (χ1n) is 4.53. The fourth-order valence-electron chi connectivity index (χ4n) is 2.37. The van der Waals surface area contributed by atoms with E-state index in [1.165, 1.54) is 0 Å². The van der Waals surface area contributed by atoms with Crippen molar-refractivity contribution in [3.63, 3.8) is 0 Å². The summed E-state index contributed by atoms with van der Waals surface area (Å²) in [6.45, 7) is 0. The van der Waals surface area contributed by atoms with Gasteiger partial charge in [-0.1, -0.05) is 0 Å². The van der Waals surface area contributed by atoms with Crippen LogP contribution in [0.2, 0.25) is 0 Å². The minimum absolute atomic E-state index is 0.0214. The third-order valence-corrected chi connectivity index (χ3v) is 5.21. The third-order valence-electron chi connectivity index (χ3n) is 3.23. The van der Waals surface area contributed by atoms with Crippen LogP contribution in [0.4, 0.5) is 0 Å². The van der Waals surface area contributed by atoms with Crippen LogP contribution in [0, 0.1) is 0 Å². The second-order valence-electron chi connectivity index (χ2n) is 4.72. The number of hydrogen-bond acceptors (Lipinski definition) is 3. The molecule has 3 nitrogen and oxygen atoms in total. The van der Waals surface area contributed by atoms with Crippen molar-refractivity contribution in [2.24, 2.45) is 0 Å². The molecule has 12 heavy (non-hydrogen) atoms. The van der Waals surface area contributed by atoms with E-state index in [0.717, 1.165) is 25.7 Å². The highest BCUT2D eigenvalue weighted by Crippen LogP contribution is 2.49. The summed E-state index contributed by atoms with van der Waals surface area (Å²) in [5.74, 6) is 0.781. The molecule has 0 aromatic rings. The maximum absolute atomic E-state index is 11.5. The second-order valence-corrected chi connectivity index (χ2v) is 6.78. The summed E-state index contributed by atoms with van der Waals surface area (Å²) < 4.78 is 23.0. The van der Waals surface area contributed by atoms with E-state index in [-0.39, 0.29) is 11.1 Å². The van der Waals surface area contributed by atoms with Gasteiger partial charge < -0.3 is 5.32 Å². The Morgan fingerprint density at radius 3 is 1.67 bits per heavy atom. The molecule has 1 saturated heterocycles. The van der Waals surface area contributed by atoms with Crippen LogP contribution >= 0.6 is 0 Å². The third kappa shape index (κ3) is 1.01. The minimum atomic E-state index is -2.74. The van der Waals surface area contributed by atoms with Crippen LogP contribution in [0.15, 0.2) is 0 Å². The van der Waals surface area contributed by atoms with Gasteiger partial charge in [-0.25, -0.2) is 8.42 Å². The number of rotatable bonds is 0. The Bertz CT molecular complexity index is 299. The van der Waals surface area contributed by atoms with E-state index in [4.69, 9.17) is 0 Å². The molecular weight excluding hydrogens is 174 g/mol. The van der Waals surface area contributed by atoms with Crippen molar-refractivity contribution < 1.29 is 8.42 Å². The molecule has 3 aliphatic rings. The molecule has 4 heteroatoms. The van der Waals surface area contributed by atoms with Crippen LogP contribution in [0.25, 0.3) is 0 Å². The van der Waals surface area contributed by atoms with Gasteiger partial charge in [-0.15, -0.1) is 0 Å². The van der Waals surface area contributed by atoms with E-state index in [2.05, 4.69) is 5.32 Å². The zero-order valence-corrected chi connectivity index (χ0v) is 7.78. The van der Waals surface area contributed by atoms with Crippen molar-refractivity contribution in [3.8, 4) is 0 Å². The standard InChI is InChI=1S/C8H13NO2S/c10-12(11)5-7(1-2-7)9-8(6-12)3-4-8/h9H,1-6H2. The van der Waals surface area contributed by atoms with Gasteiger partial charge in [0.15, 0.2) is 9.84 Å². The summed E-state index contributed by atoms with van der Waals surface area (Å²) in [7, 11) is -2.74. The van der Waals surface area contributed by atoms with Crippen molar-refractivity contribution in [1.29, 1.82) is 0 Å². The summed E-state index contributed by atoms with van der Waals surface area (Å²) in [5.41, 5.74) is 0.0428. The maximum Gasteiger partial charge on any atom is 0.153 e. The molecule has 68 valence electrons. The van der Waals surface area contributed by atoms with E-state index >= 15 is 0 Å². The molecule has 2 saturated carbocycles. The van der Waals surface area contributed by atoms with Gasteiger partial charge in [-0.3, -0.25) is 0 Å². The van der Waals surface area contributed by atoms with Crippen LogP contribution in [0.1, 0.15) is 25.7 Å². The number of nitrogens with one attached hydrogen (secondary N) is 1. The van der Waals surface area contributed by atoms with Crippen LogP contribution < -0.4 is 5.32 Å². The summed E-state index contributed by atoms with van der Waals surface area (Å²) in [4.78, 5) is 0. The average Bonchev–Trinajstić information content (AvgIpc) is 2.74.